The highest BCUT2D eigenvalue weighted by molar-refractivity contribution is 5.99. The van der Waals surface area contributed by atoms with E-state index >= 15 is 0 Å². The molecule has 1 aliphatic rings. The summed E-state index contributed by atoms with van der Waals surface area (Å²) in [5.74, 6) is 1.91. The van der Waals surface area contributed by atoms with Crippen molar-refractivity contribution in [1.82, 2.24) is 0 Å². The molecule has 2 aromatic carbocycles. The summed E-state index contributed by atoms with van der Waals surface area (Å²) < 4.78 is 16.5. The summed E-state index contributed by atoms with van der Waals surface area (Å²) in [5, 5.41) is 2.99. The van der Waals surface area contributed by atoms with E-state index in [0.29, 0.717) is 22.9 Å². The molecule has 0 spiro atoms. The van der Waals surface area contributed by atoms with Gasteiger partial charge in [-0.15, -0.1) is 0 Å². The highest BCUT2D eigenvalue weighted by Gasteiger charge is 2.32. The third-order valence-electron chi connectivity index (χ3n) is 4.16. The van der Waals surface area contributed by atoms with Gasteiger partial charge in [0.05, 0.1) is 17.2 Å². The third-order valence-corrected chi connectivity index (χ3v) is 4.16. The lowest BCUT2D eigenvalue weighted by molar-refractivity contribution is -0.120. The minimum absolute atomic E-state index is 0.0277. The molecule has 1 heterocycles. The summed E-state index contributed by atoms with van der Waals surface area (Å²) in [6, 6.07) is 13.0. The number of fused-ring (bicyclic) bond motifs is 1. The summed E-state index contributed by atoms with van der Waals surface area (Å²) in [5.41, 5.74) is 0.776. The summed E-state index contributed by atoms with van der Waals surface area (Å²) >= 11 is 0. The van der Waals surface area contributed by atoms with Gasteiger partial charge in [0.1, 0.15) is 5.75 Å². The van der Waals surface area contributed by atoms with Crippen LogP contribution < -0.4 is 19.5 Å². The van der Waals surface area contributed by atoms with Crippen molar-refractivity contribution in [2.24, 2.45) is 0 Å². The Morgan fingerprint density at radius 3 is 2.60 bits per heavy atom. The standard InChI is InChI=1S/C20H23NO4/c1-13(2)25-16-8-6-5-7-15(16)21-19(22)20(3,4)14-9-10-17-18(11-14)24-12-23-17/h5-11,13H,12H2,1-4H3,(H,21,22). The Labute approximate surface area is 147 Å². The second kappa shape index (κ2) is 6.67. The fourth-order valence-corrected chi connectivity index (χ4v) is 2.62. The average Bonchev–Trinajstić information content (AvgIpc) is 3.03. The normalized spacial score (nSPS) is 13.0. The van der Waals surface area contributed by atoms with Crippen molar-refractivity contribution in [2.75, 3.05) is 12.1 Å². The van der Waals surface area contributed by atoms with Gasteiger partial charge in [-0.3, -0.25) is 4.79 Å². The van der Waals surface area contributed by atoms with Gasteiger partial charge in [-0.2, -0.15) is 0 Å². The van der Waals surface area contributed by atoms with Crippen LogP contribution in [-0.2, 0) is 10.2 Å². The Bertz CT molecular complexity index is 783. The number of carbonyl (C=O) groups excluding carboxylic acids is 1. The first-order valence-electron chi connectivity index (χ1n) is 8.35. The molecule has 0 unspecified atom stereocenters. The monoisotopic (exact) mass is 341 g/mol. The molecule has 0 aromatic heterocycles. The molecule has 3 rings (SSSR count). The highest BCUT2D eigenvalue weighted by Crippen LogP contribution is 2.37. The van der Waals surface area contributed by atoms with E-state index < -0.39 is 5.41 Å². The van der Waals surface area contributed by atoms with E-state index in [-0.39, 0.29) is 18.8 Å². The lowest BCUT2D eigenvalue weighted by atomic mass is 9.83. The maximum Gasteiger partial charge on any atom is 0.234 e. The molecule has 0 radical (unpaired) electrons. The lowest BCUT2D eigenvalue weighted by Crippen LogP contribution is -2.34. The third kappa shape index (κ3) is 3.55. The van der Waals surface area contributed by atoms with Crippen molar-refractivity contribution < 1.29 is 19.0 Å². The molecule has 5 nitrogen and oxygen atoms in total. The summed E-state index contributed by atoms with van der Waals surface area (Å²) in [7, 11) is 0. The van der Waals surface area contributed by atoms with Gasteiger partial charge in [-0.05, 0) is 57.5 Å². The van der Waals surface area contributed by atoms with Crippen LogP contribution in [0.2, 0.25) is 0 Å². The van der Waals surface area contributed by atoms with Crippen molar-refractivity contribution in [3.05, 3.63) is 48.0 Å². The molecule has 0 saturated carbocycles. The molecule has 132 valence electrons. The van der Waals surface area contributed by atoms with Gasteiger partial charge >= 0.3 is 0 Å². The van der Waals surface area contributed by atoms with Crippen LogP contribution in [-0.4, -0.2) is 18.8 Å². The number of ether oxygens (including phenoxy) is 3. The molecule has 0 saturated heterocycles. The molecule has 0 fully saturated rings. The highest BCUT2D eigenvalue weighted by atomic mass is 16.7. The number of rotatable bonds is 5. The number of hydrogen-bond donors (Lipinski definition) is 1. The number of benzene rings is 2. The summed E-state index contributed by atoms with van der Waals surface area (Å²) in [6.07, 6.45) is 0.0277. The Balaban J connectivity index is 1.83. The first-order chi connectivity index (χ1) is 11.9. The Kier molecular flexibility index (Phi) is 4.57. The largest absolute Gasteiger partial charge is 0.489 e. The number of amides is 1. The van der Waals surface area contributed by atoms with Crippen molar-refractivity contribution >= 4 is 11.6 Å². The Hall–Kier alpha value is -2.69. The van der Waals surface area contributed by atoms with Crippen LogP contribution in [0.1, 0.15) is 33.3 Å². The van der Waals surface area contributed by atoms with Crippen molar-refractivity contribution in [1.29, 1.82) is 0 Å². The number of carbonyl (C=O) groups is 1. The van der Waals surface area contributed by atoms with E-state index in [0.717, 1.165) is 5.56 Å². The number of hydrogen-bond acceptors (Lipinski definition) is 4. The summed E-state index contributed by atoms with van der Waals surface area (Å²) in [4.78, 5) is 12.9. The topological polar surface area (TPSA) is 56.8 Å². The fourth-order valence-electron chi connectivity index (χ4n) is 2.62. The van der Waals surface area contributed by atoms with Gasteiger partial charge in [0.25, 0.3) is 0 Å². The zero-order valence-corrected chi connectivity index (χ0v) is 15.0. The van der Waals surface area contributed by atoms with E-state index in [1.165, 1.54) is 0 Å². The summed E-state index contributed by atoms with van der Waals surface area (Å²) in [6.45, 7) is 7.88. The first kappa shape index (κ1) is 17.1. The molecule has 1 amide bonds. The van der Waals surface area contributed by atoms with Gasteiger partial charge in [0, 0.05) is 0 Å². The molecule has 1 aliphatic heterocycles. The van der Waals surface area contributed by atoms with Crippen LogP contribution in [0.3, 0.4) is 0 Å². The van der Waals surface area contributed by atoms with Gasteiger partial charge < -0.3 is 19.5 Å². The molecule has 2 aromatic rings. The van der Waals surface area contributed by atoms with E-state index in [2.05, 4.69) is 5.32 Å². The van der Waals surface area contributed by atoms with Crippen molar-refractivity contribution in [3.63, 3.8) is 0 Å². The van der Waals surface area contributed by atoms with Crippen LogP contribution in [0.15, 0.2) is 42.5 Å². The maximum atomic E-state index is 12.9. The molecule has 5 heteroatoms. The van der Waals surface area contributed by atoms with Crippen LogP contribution in [0.5, 0.6) is 17.2 Å². The lowest BCUT2D eigenvalue weighted by Gasteiger charge is -2.25. The quantitative estimate of drug-likeness (QED) is 0.889. The minimum atomic E-state index is -0.744. The van der Waals surface area contributed by atoms with E-state index in [4.69, 9.17) is 14.2 Å². The molecular weight excluding hydrogens is 318 g/mol. The Morgan fingerprint density at radius 1 is 1.12 bits per heavy atom. The van der Waals surface area contributed by atoms with Gasteiger partial charge in [-0.25, -0.2) is 0 Å². The average molecular weight is 341 g/mol. The first-order valence-corrected chi connectivity index (χ1v) is 8.35. The Morgan fingerprint density at radius 2 is 1.84 bits per heavy atom. The van der Waals surface area contributed by atoms with Crippen molar-refractivity contribution in [3.8, 4) is 17.2 Å². The predicted molar refractivity (Wildman–Crippen MR) is 96.4 cm³/mol. The minimum Gasteiger partial charge on any atom is -0.489 e. The zero-order valence-electron chi connectivity index (χ0n) is 15.0. The molecule has 0 aliphatic carbocycles. The van der Waals surface area contributed by atoms with E-state index in [9.17, 15) is 4.79 Å². The maximum absolute atomic E-state index is 12.9. The number of para-hydroxylation sites is 2. The van der Waals surface area contributed by atoms with Crippen molar-refractivity contribution in [2.45, 2.75) is 39.2 Å². The van der Waals surface area contributed by atoms with Gasteiger partial charge in [-0.1, -0.05) is 18.2 Å². The SMILES string of the molecule is CC(C)Oc1ccccc1NC(=O)C(C)(C)c1ccc2c(c1)OCO2. The van der Waals surface area contributed by atoms with Gasteiger partial charge in [0.15, 0.2) is 11.5 Å². The van der Waals surface area contributed by atoms with Crippen LogP contribution in [0.4, 0.5) is 5.69 Å². The van der Waals surface area contributed by atoms with E-state index in [1.807, 2.05) is 70.2 Å². The molecule has 0 atom stereocenters. The molecular formula is C20H23NO4. The zero-order chi connectivity index (χ0) is 18.0. The fraction of sp³-hybridized carbons (Fsp3) is 0.350. The molecule has 25 heavy (non-hydrogen) atoms. The van der Waals surface area contributed by atoms with Crippen LogP contribution in [0, 0.1) is 0 Å². The smallest absolute Gasteiger partial charge is 0.234 e. The van der Waals surface area contributed by atoms with Crippen LogP contribution in [0.25, 0.3) is 0 Å². The second-order valence-electron chi connectivity index (χ2n) is 6.81. The number of nitrogens with one attached hydrogen (secondary N) is 1. The van der Waals surface area contributed by atoms with Gasteiger partial charge in [0.2, 0.25) is 12.7 Å². The molecule has 1 N–H and O–H groups in total. The molecule has 0 bridgehead atoms. The van der Waals surface area contributed by atoms with E-state index in [1.54, 1.807) is 0 Å². The number of anilines is 1. The predicted octanol–water partition coefficient (Wildman–Crippen LogP) is 4.12. The van der Waals surface area contributed by atoms with Crippen LogP contribution >= 0.6 is 0 Å². The second-order valence-corrected chi connectivity index (χ2v) is 6.81.